The van der Waals surface area contributed by atoms with Crippen molar-refractivity contribution in [3.05, 3.63) is 30.3 Å². The van der Waals surface area contributed by atoms with Crippen LogP contribution in [0, 0.1) is 0 Å². The van der Waals surface area contributed by atoms with Gasteiger partial charge < -0.3 is 14.6 Å². The number of rotatable bonds is 8. The molecule has 0 spiro atoms. The summed E-state index contributed by atoms with van der Waals surface area (Å²) in [6.45, 7) is 7.44. The summed E-state index contributed by atoms with van der Waals surface area (Å²) in [4.78, 5) is 0. The summed E-state index contributed by atoms with van der Waals surface area (Å²) >= 11 is 0. The van der Waals surface area contributed by atoms with Crippen molar-refractivity contribution in [2.45, 2.75) is 39.3 Å². The lowest BCUT2D eigenvalue weighted by Gasteiger charge is -2.31. The second-order valence-electron chi connectivity index (χ2n) is 4.50. The van der Waals surface area contributed by atoms with Crippen LogP contribution in [0.15, 0.2) is 30.3 Å². The third-order valence-electron chi connectivity index (χ3n) is 2.90. The van der Waals surface area contributed by atoms with Gasteiger partial charge in [-0.2, -0.15) is 0 Å². The van der Waals surface area contributed by atoms with Crippen LogP contribution in [0.3, 0.4) is 0 Å². The zero-order valence-electron chi connectivity index (χ0n) is 11.7. The molecule has 1 unspecified atom stereocenters. The number of hydrogen-bond acceptors (Lipinski definition) is 3. The van der Waals surface area contributed by atoms with Crippen LogP contribution >= 0.6 is 0 Å². The molecule has 0 saturated heterocycles. The van der Waals surface area contributed by atoms with Crippen LogP contribution in [0.2, 0.25) is 6.04 Å². The van der Waals surface area contributed by atoms with E-state index in [-0.39, 0.29) is 6.04 Å². The van der Waals surface area contributed by atoms with Gasteiger partial charge in [0.25, 0.3) is 0 Å². The Kier molecular flexibility index (Phi) is 6.57. The van der Waals surface area contributed by atoms with E-state index in [1.807, 2.05) is 39.0 Å². The van der Waals surface area contributed by atoms with Crippen LogP contribution in [0.4, 0.5) is 0 Å². The maximum atomic E-state index is 6.07. The quantitative estimate of drug-likeness (QED) is 0.734. The largest absolute Gasteiger partial charge is 0.391 e. The highest BCUT2D eigenvalue weighted by molar-refractivity contribution is 6.81. The zero-order chi connectivity index (χ0) is 13.4. The molecule has 0 aromatic heterocycles. The summed E-state index contributed by atoms with van der Waals surface area (Å²) in [5, 5.41) is 1.20. The monoisotopic (exact) mass is 267 g/mol. The second-order valence-corrected chi connectivity index (χ2v) is 7.66. The van der Waals surface area contributed by atoms with Crippen molar-refractivity contribution in [3.63, 3.8) is 0 Å². The molecule has 1 aromatic carbocycles. The average molecular weight is 267 g/mol. The van der Waals surface area contributed by atoms with E-state index in [4.69, 9.17) is 14.6 Å². The summed E-state index contributed by atoms with van der Waals surface area (Å²) in [7, 11) is -2.31. The summed E-state index contributed by atoms with van der Waals surface area (Å²) in [6.07, 6.45) is 0.932. The predicted octanol–water partition coefficient (Wildman–Crippen LogP) is 2.15. The highest BCUT2D eigenvalue weighted by Gasteiger charge is 2.39. The number of benzene rings is 1. The second kappa shape index (κ2) is 7.69. The van der Waals surface area contributed by atoms with Gasteiger partial charge in [0.15, 0.2) is 0 Å². The van der Waals surface area contributed by atoms with Crippen LogP contribution in [-0.2, 0) is 8.85 Å². The Morgan fingerprint density at radius 3 is 2.11 bits per heavy atom. The van der Waals surface area contributed by atoms with E-state index < -0.39 is 8.56 Å². The number of hydrogen-bond donors (Lipinski definition) is 1. The molecule has 3 nitrogen and oxygen atoms in total. The molecule has 0 aliphatic heterocycles. The molecule has 1 aromatic rings. The Bertz CT molecular complexity index is 324. The molecular formula is C14H25NO2Si. The molecule has 0 radical (unpaired) electrons. The molecule has 0 fully saturated rings. The summed E-state index contributed by atoms with van der Waals surface area (Å²) in [5.74, 6) is 0. The lowest BCUT2D eigenvalue weighted by atomic mass is 10.3. The van der Waals surface area contributed by atoms with Gasteiger partial charge in [0.1, 0.15) is 0 Å². The van der Waals surface area contributed by atoms with E-state index in [1.54, 1.807) is 0 Å². The van der Waals surface area contributed by atoms with Crippen LogP contribution < -0.4 is 10.9 Å². The molecule has 1 atom stereocenters. The number of nitrogens with two attached hydrogens (primary N) is 1. The first-order chi connectivity index (χ1) is 8.64. The van der Waals surface area contributed by atoms with Crippen LogP contribution in [0.1, 0.15) is 27.2 Å². The summed E-state index contributed by atoms with van der Waals surface area (Å²) < 4.78 is 12.1. The minimum absolute atomic E-state index is 0.182. The third kappa shape index (κ3) is 4.21. The van der Waals surface area contributed by atoms with E-state index in [0.717, 1.165) is 12.5 Å². The Hall–Kier alpha value is -0.683. The minimum atomic E-state index is -2.31. The van der Waals surface area contributed by atoms with Gasteiger partial charge >= 0.3 is 8.56 Å². The molecule has 0 heterocycles. The Morgan fingerprint density at radius 2 is 1.67 bits per heavy atom. The van der Waals surface area contributed by atoms with E-state index in [0.29, 0.717) is 13.2 Å². The molecular weight excluding hydrogens is 242 g/mol. The van der Waals surface area contributed by atoms with Gasteiger partial charge in [-0.1, -0.05) is 30.3 Å². The molecule has 1 rings (SSSR count). The lowest BCUT2D eigenvalue weighted by Crippen LogP contribution is -2.54. The topological polar surface area (TPSA) is 44.5 Å². The van der Waals surface area contributed by atoms with Crippen molar-refractivity contribution >= 4 is 13.7 Å². The van der Waals surface area contributed by atoms with Crippen LogP contribution in [-0.4, -0.2) is 27.8 Å². The van der Waals surface area contributed by atoms with E-state index in [2.05, 4.69) is 12.1 Å². The lowest BCUT2D eigenvalue weighted by molar-refractivity contribution is 0.194. The first kappa shape index (κ1) is 15.4. The molecule has 0 aliphatic carbocycles. The molecule has 18 heavy (non-hydrogen) atoms. The minimum Gasteiger partial charge on any atom is -0.391 e. The van der Waals surface area contributed by atoms with Gasteiger partial charge in [-0.15, -0.1) is 0 Å². The fourth-order valence-corrected chi connectivity index (χ4v) is 5.54. The molecule has 0 amide bonds. The average Bonchev–Trinajstić information content (AvgIpc) is 2.37. The van der Waals surface area contributed by atoms with Crippen molar-refractivity contribution in [2.24, 2.45) is 5.73 Å². The van der Waals surface area contributed by atoms with Crippen molar-refractivity contribution in [2.75, 3.05) is 13.2 Å². The van der Waals surface area contributed by atoms with Gasteiger partial charge in [0, 0.05) is 19.3 Å². The maximum absolute atomic E-state index is 6.07. The Balaban J connectivity index is 2.96. The maximum Gasteiger partial charge on any atom is 0.372 e. The first-order valence-electron chi connectivity index (χ1n) is 6.73. The van der Waals surface area contributed by atoms with Crippen LogP contribution in [0.25, 0.3) is 0 Å². The predicted molar refractivity (Wildman–Crippen MR) is 78.2 cm³/mol. The highest BCUT2D eigenvalue weighted by atomic mass is 28.4. The summed E-state index contributed by atoms with van der Waals surface area (Å²) in [6, 6.07) is 11.4. The molecule has 0 aliphatic rings. The smallest absolute Gasteiger partial charge is 0.372 e. The third-order valence-corrected chi connectivity index (χ3v) is 6.57. The molecule has 0 bridgehead atoms. The Labute approximate surface area is 112 Å². The zero-order valence-corrected chi connectivity index (χ0v) is 12.7. The van der Waals surface area contributed by atoms with Crippen molar-refractivity contribution < 1.29 is 8.85 Å². The summed E-state index contributed by atoms with van der Waals surface area (Å²) in [5.41, 5.74) is 5.88. The van der Waals surface area contributed by atoms with Crippen molar-refractivity contribution in [1.29, 1.82) is 0 Å². The molecule has 0 saturated carbocycles. The van der Waals surface area contributed by atoms with E-state index in [1.165, 1.54) is 5.19 Å². The van der Waals surface area contributed by atoms with Gasteiger partial charge in [0.05, 0.1) is 0 Å². The van der Waals surface area contributed by atoms with Crippen molar-refractivity contribution in [3.8, 4) is 0 Å². The molecule has 4 heteroatoms. The standard InChI is InChI=1S/C14H25NO2Si/c1-4-16-18(17-5-2,12-11-13(3)15)14-9-7-6-8-10-14/h6-10,13H,4-5,11-12,15H2,1-3H3. The fourth-order valence-electron chi connectivity index (χ4n) is 2.07. The van der Waals surface area contributed by atoms with Gasteiger partial charge in [-0.05, 0) is 38.4 Å². The molecule has 102 valence electrons. The fraction of sp³-hybridized carbons (Fsp3) is 0.571. The first-order valence-corrected chi connectivity index (χ1v) is 8.76. The van der Waals surface area contributed by atoms with E-state index >= 15 is 0 Å². The van der Waals surface area contributed by atoms with Gasteiger partial charge in [-0.25, -0.2) is 0 Å². The highest BCUT2D eigenvalue weighted by Crippen LogP contribution is 2.17. The molecule has 2 N–H and O–H groups in total. The van der Waals surface area contributed by atoms with Gasteiger partial charge in [-0.3, -0.25) is 0 Å². The van der Waals surface area contributed by atoms with Crippen LogP contribution in [0.5, 0.6) is 0 Å². The van der Waals surface area contributed by atoms with Gasteiger partial charge in [0.2, 0.25) is 0 Å². The van der Waals surface area contributed by atoms with Crippen molar-refractivity contribution in [1.82, 2.24) is 0 Å². The van der Waals surface area contributed by atoms with E-state index in [9.17, 15) is 0 Å². The normalized spacial score (nSPS) is 13.6. The SMILES string of the molecule is CCO[Si](CCC(C)N)(OCC)c1ccccc1. The Morgan fingerprint density at radius 1 is 1.11 bits per heavy atom.